The van der Waals surface area contributed by atoms with Crippen molar-refractivity contribution in [1.29, 1.82) is 0 Å². The number of nitrogens with zero attached hydrogens (tertiary/aromatic N) is 1. The van der Waals surface area contributed by atoms with Crippen molar-refractivity contribution in [2.75, 3.05) is 7.11 Å². The molecule has 2 heterocycles. The highest BCUT2D eigenvalue weighted by molar-refractivity contribution is 8.00. The third kappa shape index (κ3) is 2.52. The average molecular weight is 394 g/mol. The fraction of sp³-hybridized carbons (Fsp3) is 0.0909. The van der Waals surface area contributed by atoms with E-state index >= 15 is 0 Å². The van der Waals surface area contributed by atoms with Crippen LogP contribution in [0.2, 0.25) is 0 Å². The minimum absolute atomic E-state index is 0. The van der Waals surface area contributed by atoms with E-state index in [0.29, 0.717) is 5.56 Å². The van der Waals surface area contributed by atoms with Crippen LogP contribution in [0.5, 0.6) is 0 Å². The summed E-state index contributed by atoms with van der Waals surface area (Å²) in [5, 5.41) is 2.51. The normalized spacial score (nSPS) is 11.8. The van der Waals surface area contributed by atoms with Crippen molar-refractivity contribution < 1.29 is 26.5 Å². The van der Waals surface area contributed by atoms with E-state index in [1.54, 1.807) is 11.8 Å². The van der Waals surface area contributed by atoms with Crippen molar-refractivity contribution >= 4 is 39.5 Å². The minimum atomic E-state index is -0.304. The topological polar surface area (TPSA) is 30.2 Å². The molecule has 1 aliphatic heterocycles. The fourth-order valence-corrected chi connectivity index (χ4v) is 5.09. The first-order valence-corrected chi connectivity index (χ1v) is 9.25. The number of para-hydroxylation sites is 1. The van der Waals surface area contributed by atoms with E-state index in [4.69, 9.17) is 4.74 Å². The number of benzene rings is 3. The van der Waals surface area contributed by atoms with Crippen LogP contribution in [0.25, 0.3) is 32.9 Å². The zero-order valence-electron chi connectivity index (χ0n) is 14.8. The van der Waals surface area contributed by atoms with Crippen LogP contribution in [0.3, 0.4) is 0 Å². The summed E-state index contributed by atoms with van der Waals surface area (Å²) in [5.41, 5.74) is 5.37. The molecule has 0 unspecified atom stereocenters. The smallest absolute Gasteiger partial charge is 0.337 e. The van der Waals surface area contributed by atoms with Crippen LogP contribution in [0, 0.1) is 0 Å². The molecule has 0 atom stereocenters. The number of carbonyl (C=O) groups is 1. The Balaban J connectivity index is 0.00000180. The summed E-state index contributed by atoms with van der Waals surface area (Å²) in [7, 11) is 3.53. The van der Waals surface area contributed by atoms with Gasteiger partial charge in [0.1, 0.15) is 7.05 Å². The molecular formula is C22H16ClNO2S. The van der Waals surface area contributed by atoms with Gasteiger partial charge in [-0.3, -0.25) is 0 Å². The molecule has 1 aromatic heterocycles. The highest BCUT2D eigenvalue weighted by Crippen LogP contribution is 2.49. The van der Waals surface area contributed by atoms with Crippen LogP contribution >= 0.6 is 11.8 Å². The van der Waals surface area contributed by atoms with Gasteiger partial charge in [0.05, 0.1) is 23.4 Å². The zero-order valence-corrected chi connectivity index (χ0v) is 16.4. The largest absolute Gasteiger partial charge is 1.00 e. The molecule has 0 bridgehead atoms. The molecular weight excluding hydrogens is 378 g/mol. The van der Waals surface area contributed by atoms with Gasteiger partial charge >= 0.3 is 5.97 Å². The molecule has 1 aliphatic rings. The summed E-state index contributed by atoms with van der Waals surface area (Å²) in [6, 6.07) is 20.7. The van der Waals surface area contributed by atoms with Gasteiger partial charge in [0.25, 0.3) is 0 Å². The minimum Gasteiger partial charge on any atom is -1.00 e. The molecule has 0 fully saturated rings. The monoisotopic (exact) mass is 393 g/mol. The predicted molar refractivity (Wildman–Crippen MR) is 104 cm³/mol. The van der Waals surface area contributed by atoms with Gasteiger partial charge in [0.15, 0.2) is 0 Å². The van der Waals surface area contributed by atoms with Gasteiger partial charge in [0, 0.05) is 21.9 Å². The summed E-state index contributed by atoms with van der Waals surface area (Å²) in [6.45, 7) is 0. The Bertz CT molecular complexity index is 1240. The van der Waals surface area contributed by atoms with E-state index < -0.39 is 0 Å². The van der Waals surface area contributed by atoms with Crippen molar-refractivity contribution in [3.8, 4) is 11.1 Å². The highest BCUT2D eigenvalue weighted by Gasteiger charge is 2.27. The van der Waals surface area contributed by atoms with Crippen LogP contribution in [0.15, 0.2) is 70.5 Å². The Morgan fingerprint density at radius 3 is 2.56 bits per heavy atom. The van der Waals surface area contributed by atoms with Crippen molar-refractivity contribution in [2.24, 2.45) is 7.05 Å². The van der Waals surface area contributed by atoms with Gasteiger partial charge in [-0.1, -0.05) is 42.1 Å². The van der Waals surface area contributed by atoms with Crippen LogP contribution in [0.4, 0.5) is 0 Å². The molecule has 0 saturated carbocycles. The second-order valence-electron chi connectivity index (χ2n) is 6.41. The standard InChI is InChI=1S/C22H16NO2S.ClH/c1-23-17-8-4-3-6-16(17)21-20-15(7-5-9-18(20)23)14-11-10-13(22(24)25-2)12-19(14)26-21;/h3-12H,1-2H3;1H/q+1;/p-1. The van der Waals surface area contributed by atoms with Crippen molar-refractivity contribution in [3.05, 3.63) is 66.2 Å². The van der Waals surface area contributed by atoms with Gasteiger partial charge in [0.2, 0.25) is 11.0 Å². The van der Waals surface area contributed by atoms with E-state index in [-0.39, 0.29) is 18.4 Å². The number of halogens is 1. The summed E-state index contributed by atoms with van der Waals surface area (Å²) in [6.07, 6.45) is 0. The van der Waals surface area contributed by atoms with E-state index in [1.165, 1.54) is 39.4 Å². The van der Waals surface area contributed by atoms with Crippen molar-refractivity contribution in [2.45, 2.75) is 9.79 Å². The van der Waals surface area contributed by atoms with E-state index in [0.717, 1.165) is 10.5 Å². The number of rotatable bonds is 1. The molecule has 5 heteroatoms. The summed E-state index contributed by atoms with van der Waals surface area (Å²) in [4.78, 5) is 14.3. The van der Waals surface area contributed by atoms with Gasteiger partial charge in [-0.05, 0) is 29.3 Å². The number of ether oxygens (including phenoxy) is 1. The molecule has 4 aromatic rings. The number of aryl methyl sites for hydroxylation is 1. The van der Waals surface area contributed by atoms with Crippen LogP contribution in [-0.4, -0.2) is 13.1 Å². The van der Waals surface area contributed by atoms with Gasteiger partial charge < -0.3 is 17.1 Å². The zero-order chi connectivity index (χ0) is 17.8. The summed E-state index contributed by atoms with van der Waals surface area (Å²) >= 11 is 1.73. The SMILES string of the molecule is COC(=O)c1ccc2c(c1)Sc1c3ccccc3[n+](C)c3cccc-2c13.[Cl-]. The number of aromatic nitrogens is 1. The Labute approximate surface area is 167 Å². The molecule has 134 valence electrons. The number of hydrogen-bond donors (Lipinski definition) is 0. The maximum atomic E-state index is 12.0. The number of carbonyl (C=O) groups excluding carboxylic acids is 1. The lowest BCUT2D eigenvalue weighted by Gasteiger charge is -2.21. The van der Waals surface area contributed by atoms with Crippen LogP contribution in [-0.2, 0) is 11.8 Å². The van der Waals surface area contributed by atoms with E-state index in [2.05, 4.69) is 54.1 Å². The summed E-state index contributed by atoms with van der Waals surface area (Å²) < 4.78 is 7.14. The van der Waals surface area contributed by atoms with Gasteiger partial charge in [-0.15, -0.1) is 0 Å². The third-order valence-electron chi connectivity index (χ3n) is 5.05. The third-order valence-corrected chi connectivity index (χ3v) is 6.23. The van der Waals surface area contributed by atoms with Gasteiger partial charge in [-0.25, -0.2) is 4.79 Å². The lowest BCUT2D eigenvalue weighted by Crippen LogP contribution is -3.00. The summed E-state index contributed by atoms with van der Waals surface area (Å²) in [5.74, 6) is -0.304. The van der Waals surface area contributed by atoms with Gasteiger partial charge in [-0.2, -0.15) is 4.57 Å². The second-order valence-corrected chi connectivity index (χ2v) is 7.46. The predicted octanol–water partition coefficient (Wildman–Crippen LogP) is 1.74. The Morgan fingerprint density at radius 1 is 0.963 bits per heavy atom. The first kappa shape index (κ1) is 17.8. The highest BCUT2D eigenvalue weighted by atomic mass is 35.5. The number of fused-ring (bicyclic) bond motifs is 4. The molecule has 0 amide bonds. The number of methoxy groups -OCH3 is 1. The fourth-order valence-electron chi connectivity index (χ4n) is 3.80. The first-order valence-electron chi connectivity index (χ1n) is 8.43. The quantitative estimate of drug-likeness (QED) is 0.247. The Hall–Kier alpha value is -2.56. The van der Waals surface area contributed by atoms with Crippen LogP contribution in [0.1, 0.15) is 10.4 Å². The molecule has 0 saturated heterocycles. The average Bonchev–Trinajstić information content (AvgIpc) is 2.70. The maximum Gasteiger partial charge on any atom is 0.337 e. The first-order chi connectivity index (χ1) is 12.7. The van der Waals surface area contributed by atoms with Crippen molar-refractivity contribution in [1.82, 2.24) is 0 Å². The number of hydrogen-bond acceptors (Lipinski definition) is 3. The van der Waals surface area contributed by atoms with Crippen molar-refractivity contribution in [3.63, 3.8) is 0 Å². The number of pyridine rings is 1. The lowest BCUT2D eigenvalue weighted by molar-refractivity contribution is -0.617. The molecule has 0 aliphatic carbocycles. The Kier molecular flexibility index (Phi) is 4.33. The van der Waals surface area contributed by atoms with E-state index in [1.807, 2.05) is 18.2 Å². The molecule has 5 rings (SSSR count). The molecule has 27 heavy (non-hydrogen) atoms. The molecule has 3 aromatic carbocycles. The molecule has 0 N–H and O–H groups in total. The Morgan fingerprint density at radius 2 is 1.74 bits per heavy atom. The second kappa shape index (κ2) is 6.55. The molecule has 3 nitrogen and oxygen atoms in total. The molecule has 0 radical (unpaired) electrons. The maximum absolute atomic E-state index is 12.0. The van der Waals surface area contributed by atoms with Crippen LogP contribution < -0.4 is 17.0 Å². The van der Waals surface area contributed by atoms with E-state index in [9.17, 15) is 4.79 Å². The lowest BCUT2D eigenvalue weighted by atomic mass is 9.97. The number of esters is 1. The molecule has 0 spiro atoms.